The SMILES string of the molecule is CN=C(NCC(C)Oc1cccc(OC)c1)N1CCN(c2ccccn2)CC1.I. The van der Waals surface area contributed by atoms with Crippen molar-refractivity contribution in [3.05, 3.63) is 48.7 Å². The van der Waals surface area contributed by atoms with Crippen LogP contribution in [0.1, 0.15) is 6.92 Å². The first-order valence-electron chi connectivity index (χ1n) is 9.62. The number of aliphatic imine (C=N–C) groups is 1. The number of aromatic nitrogens is 1. The maximum atomic E-state index is 5.98. The molecule has 29 heavy (non-hydrogen) atoms. The highest BCUT2D eigenvalue weighted by Crippen LogP contribution is 2.19. The molecule has 2 heterocycles. The number of piperazine rings is 1. The van der Waals surface area contributed by atoms with Crippen molar-refractivity contribution >= 4 is 35.8 Å². The Hall–Kier alpha value is -2.23. The molecule has 1 aliphatic heterocycles. The standard InChI is InChI=1S/C21H29N5O2.HI/c1-17(28-19-8-6-7-18(15-19)27-3)16-24-21(22-2)26-13-11-25(12-14-26)20-9-4-5-10-23-20;/h4-10,15,17H,11-14,16H2,1-3H3,(H,22,24);1H. The number of nitrogens with zero attached hydrogens (tertiary/aromatic N) is 4. The van der Waals surface area contributed by atoms with Crippen molar-refractivity contribution in [3.63, 3.8) is 0 Å². The number of anilines is 1. The lowest BCUT2D eigenvalue weighted by Gasteiger charge is -2.37. The molecule has 0 spiro atoms. The third kappa shape index (κ3) is 6.66. The Morgan fingerprint density at radius 3 is 2.55 bits per heavy atom. The van der Waals surface area contributed by atoms with Gasteiger partial charge in [-0.1, -0.05) is 12.1 Å². The van der Waals surface area contributed by atoms with Gasteiger partial charge in [-0.05, 0) is 31.2 Å². The van der Waals surface area contributed by atoms with Gasteiger partial charge in [-0.15, -0.1) is 24.0 Å². The largest absolute Gasteiger partial charge is 0.497 e. The van der Waals surface area contributed by atoms with E-state index in [-0.39, 0.29) is 30.1 Å². The van der Waals surface area contributed by atoms with Crippen LogP contribution >= 0.6 is 24.0 Å². The van der Waals surface area contributed by atoms with Crippen LogP contribution in [-0.4, -0.2) is 68.8 Å². The van der Waals surface area contributed by atoms with Gasteiger partial charge in [0, 0.05) is 45.5 Å². The van der Waals surface area contributed by atoms with Crippen molar-refractivity contribution in [2.45, 2.75) is 13.0 Å². The number of nitrogens with one attached hydrogen (secondary N) is 1. The average Bonchev–Trinajstić information content (AvgIpc) is 2.75. The number of methoxy groups -OCH3 is 1. The van der Waals surface area contributed by atoms with Crippen LogP contribution in [0.25, 0.3) is 0 Å². The van der Waals surface area contributed by atoms with Crippen molar-refractivity contribution in [2.75, 3.05) is 51.8 Å². The summed E-state index contributed by atoms with van der Waals surface area (Å²) in [6.07, 6.45) is 1.84. The number of halogens is 1. The van der Waals surface area contributed by atoms with E-state index >= 15 is 0 Å². The molecule has 3 rings (SSSR count). The molecule has 0 amide bonds. The van der Waals surface area contributed by atoms with Gasteiger partial charge in [-0.2, -0.15) is 0 Å². The zero-order chi connectivity index (χ0) is 19.8. The summed E-state index contributed by atoms with van der Waals surface area (Å²) in [5.74, 6) is 3.53. The van der Waals surface area contributed by atoms with E-state index in [1.807, 2.05) is 56.6 Å². The van der Waals surface area contributed by atoms with E-state index < -0.39 is 0 Å². The van der Waals surface area contributed by atoms with Gasteiger partial charge in [0.1, 0.15) is 23.4 Å². The quantitative estimate of drug-likeness (QED) is 0.366. The van der Waals surface area contributed by atoms with Gasteiger partial charge in [-0.25, -0.2) is 4.98 Å². The molecule has 1 aliphatic rings. The van der Waals surface area contributed by atoms with Gasteiger partial charge >= 0.3 is 0 Å². The zero-order valence-electron chi connectivity index (χ0n) is 17.2. The van der Waals surface area contributed by atoms with Crippen LogP contribution in [0.3, 0.4) is 0 Å². The molecule has 0 bridgehead atoms. The Bertz CT molecular complexity index is 767. The van der Waals surface area contributed by atoms with Gasteiger partial charge in [0.2, 0.25) is 0 Å². The van der Waals surface area contributed by atoms with Crippen LogP contribution in [0.15, 0.2) is 53.7 Å². The highest BCUT2D eigenvalue weighted by molar-refractivity contribution is 14.0. The monoisotopic (exact) mass is 511 g/mol. The number of guanidine groups is 1. The first-order valence-corrected chi connectivity index (χ1v) is 9.62. The van der Waals surface area contributed by atoms with Gasteiger partial charge in [0.25, 0.3) is 0 Å². The lowest BCUT2D eigenvalue weighted by atomic mass is 10.3. The fraction of sp³-hybridized carbons (Fsp3) is 0.429. The molecule has 0 saturated carbocycles. The van der Waals surface area contributed by atoms with Crippen LogP contribution in [0.5, 0.6) is 11.5 Å². The summed E-state index contributed by atoms with van der Waals surface area (Å²) in [4.78, 5) is 13.5. The van der Waals surface area contributed by atoms with Crippen LogP contribution < -0.4 is 19.7 Å². The van der Waals surface area contributed by atoms with Gasteiger partial charge in [0.05, 0.1) is 13.7 Å². The number of hydrogen-bond donors (Lipinski definition) is 1. The minimum Gasteiger partial charge on any atom is -0.497 e. The van der Waals surface area contributed by atoms with E-state index in [9.17, 15) is 0 Å². The Labute approximate surface area is 190 Å². The van der Waals surface area contributed by atoms with Crippen molar-refractivity contribution in [1.82, 2.24) is 15.2 Å². The molecule has 1 saturated heterocycles. The lowest BCUT2D eigenvalue weighted by Crippen LogP contribution is -2.53. The Morgan fingerprint density at radius 1 is 1.14 bits per heavy atom. The predicted octanol–water partition coefficient (Wildman–Crippen LogP) is 2.87. The summed E-state index contributed by atoms with van der Waals surface area (Å²) in [6.45, 7) is 6.37. The second kappa shape index (κ2) is 11.7. The molecule has 2 aromatic rings. The molecular weight excluding hydrogens is 481 g/mol. The predicted molar refractivity (Wildman–Crippen MR) is 128 cm³/mol. The second-order valence-corrected chi connectivity index (χ2v) is 6.70. The van der Waals surface area contributed by atoms with E-state index in [2.05, 4.69) is 31.2 Å². The first-order chi connectivity index (χ1) is 13.7. The molecule has 158 valence electrons. The van der Waals surface area contributed by atoms with Crippen molar-refractivity contribution in [2.24, 2.45) is 4.99 Å². The van der Waals surface area contributed by atoms with Crippen molar-refractivity contribution in [1.29, 1.82) is 0 Å². The van der Waals surface area contributed by atoms with E-state index in [1.54, 1.807) is 7.11 Å². The molecule has 1 unspecified atom stereocenters. The van der Waals surface area contributed by atoms with Gasteiger partial charge in [-0.3, -0.25) is 4.99 Å². The maximum Gasteiger partial charge on any atom is 0.193 e. The fourth-order valence-electron chi connectivity index (χ4n) is 3.20. The lowest BCUT2D eigenvalue weighted by molar-refractivity contribution is 0.220. The van der Waals surface area contributed by atoms with Gasteiger partial charge < -0.3 is 24.6 Å². The molecule has 7 nitrogen and oxygen atoms in total. The fourth-order valence-corrected chi connectivity index (χ4v) is 3.20. The molecule has 1 aromatic carbocycles. The first kappa shape index (κ1) is 23.1. The van der Waals surface area contributed by atoms with E-state index in [4.69, 9.17) is 9.47 Å². The minimum absolute atomic E-state index is 0. The smallest absolute Gasteiger partial charge is 0.193 e. The number of benzene rings is 1. The Morgan fingerprint density at radius 2 is 1.90 bits per heavy atom. The number of ether oxygens (including phenoxy) is 2. The van der Waals surface area contributed by atoms with Crippen LogP contribution in [0.4, 0.5) is 5.82 Å². The zero-order valence-corrected chi connectivity index (χ0v) is 19.6. The van der Waals surface area contributed by atoms with E-state index in [0.29, 0.717) is 6.54 Å². The summed E-state index contributed by atoms with van der Waals surface area (Å²) in [5.41, 5.74) is 0. The topological polar surface area (TPSA) is 62.2 Å². The maximum absolute atomic E-state index is 5.98. The average molecular weight is 511 g/mol. The summed E-state index contributed by atoms with van der Waals surface area (Å²) < 4.78 is 11.2. The van der Waals surface area contributed by atoms with E-state index in [0.717, 1.165) is 49.5 Å². The summed E-state index contributed by atoms with van der Waals surface area (Å²) >= 11 is 0. The van der Waals surface area contributed by atoms with Crippen LogP contribution in [0.2, 0.25) is 0 Å². The molecule has 1 aromatic heterocycles. The normalized spacial score (nSPS) is 15.3. The molecule has 8 heteroatoms. The minimum atomic E-state index is -0.00124. The summed E-state index contributed by atoms with van der Waals surface area (Å²) in [7, 11) is 3.47. The molecule has 1 fully saturated rings. The van der Waals surface area contributed by atoms with Crippen molar-refractivity contribution < 1.29 is 9.47 Å². The molecule has 0 radical (unpaired) electrons. The highest BCUT2D eigenvalue weighted by Gasteiger charge is 2.20. The summed E-state index contributed by atoms with van der Waals surface area (Å²) in [5, 5.41) is 3.43. The number of rotatable bonds is 6. The van der Waals surface area contributed by atoms with Crippen LogP contribution in [0, 0.1) is 0 Å². The Kier molecular flexibility index (Phi) is 9.30. The number of hydrogen-bond acceptors (Lipinski definition) is 5. The molecule has 0 aliphatic carbocycles. The Balaban J connectivity index is 0.00000300. The van der Waals surface area contributed by atoms with Crippen LogP contribution in [-0.2, 0) is 0 Å². The molecule has 1 N–H and O–H groups in total. The highest BCUT2D eigenvalue weighted by atomic mass is 127. The third-order valence-electron chi connectivity index (χ3n) is 4.69. The van der Waals surface area contributed by atoms with Gasteiger partial charge in [0.15, 0.2) is 5.96 Å². The second-order valence-electron chi connectivity index (χ2n) is 6.70. The summed E-state index contributed by atoms with van der Waals surface area (Å²) in [6, 6.07) is 13.7. The van der Waals surface area contributed by atoms with Crippen molar-refractivity contribution in [3.8, 4) is 11.5 Å². The van der Waals surface area contributed by atoms with E-state index in [1.165, 1.54) is 0 Å². The number of pyridine rings is 1. The molecule has 1 atom stereocenters. The molecular formula is C21H30IN5O2. The third-order valence-corrected chi connectivity index (χ3v) is 4.69.